The number of nitrogens with zero attached hydrogens (tertiary/aromatic N) is 2. The maximum atomic E-state index is 6.14. The predicted octanol–water partition coefficient (Wildman–Crippen LogP) is 2.24. The molecule has 0 radical (unpaired) electrons. The van der Waals surface area contributed by atoms with Gasteiger partial charge in [-0.15, -0.1) is 0 Å². The lowest BCUT2D eigenvalue weighted by molar-refractivity contribution is 0.0867. The Hall–Kier alpha value is -1.66. The van der Waals surface area contributed by atoms with Crippen LogP contribution in [-0.4, -0.2) is 23.4 Å². The van der Waals surface area contributed by atoms with Crippen molar-refractivity contribution in [3.8, 4) is 11.7 Å². The van der Waals surface area contributed by atoms with Crippen LogP contribution >= 0.6 is 0 Å². The van der Waals surface area contributed by atoms with E-state index in [1.807, 2.05) is 26.8 Å². The fourth-order valence-corrected chi connectivity index (χ4v) is 1.63. The summed E-state index contributed by atoms with van der Waals surface area (Å²) in [6.07, 6.45) is 2.53. The molecule has 6 nitrogen and oxygen atoms in total. The summed E-state index contributed by atoms with van der Waals surface area (Å²) < 4.78 is 16.0. The topological polar surface area (TPSA) is 87.3 Å². The van der Waals surface area contributed by atoms with E-state index in [-0.39, 0.29) is 0 Å². The third-order valence-corrected chi connectivity index (χ3v) is 2.74. The average Bonchev–Trinajstić information content (AvgIpc) is 2.97. The number of furan rings is 1. The summed E-state index contributed by atoms with van der Waals surface area (Å²) in [5.41, 5.74) is 6.30. The summed E-state index contributed by atoms with van der Waals surface area (Å²) in [5.74, 6) is 1.32. The number of rotatable bonds is 6. The Bertz CT molecular complexity index is 531. The molecule has 1 atom stereocenters. The van der Waals surface area contributed by atoms with Gasteiger partial charge in [-0.05, 0) is 26.3 Å². The van der Waals surface area contributed by atoms with Gasteiger partial charge in [0.15, 0.2) is 11.6 Å². The fraction of sp³-hybridized carbons (Fsp3) is 0.538. The van der Waals surface area contributed by atoms with Crippen LogP contribution in [0.5, 0.6) is 0 Å². The van der Waals surface area contributed by atoms with Crippen LogP contribution in [0.15, 0.2) is 21.3 Å². The quantitative estimate of drug-likeness (QED) is 0.806. The molecule has 1 unspecified atom stereocenters. The first-order valence-electron chi connectivity index (χ1n) is 6.30. The van der Waals surface area contributed by atoms with E-state index in [1.54, 1.807) is 6.26 Å². The summed E-state index contributed by atoms with van der Waals surface area (Å²) in [6.45, 7) is 6.77. The molecule has 2 heterocycles. The number of nitrogens with two attached hydrogens (primary N) is 1. The zero-order valence-electron chi connectivity index (χ0n) is 11.5. The zero-order chi connectivity index (χ0) is 13.9. The highest BCUT2D eigenvalue weighted by atomic mass is 16.5. The third kappa shape index (κ3) is 3.02. The van der Waals surface area contributed by atoms with Gasteiger partial charge in [-0.25, -0.2) is 0 Å². The van der Waals surface area contributed by atoms with Gasteiger partial charge in [0, 0.05) is 12.2 Å². The molecule has 104 valence electrons. The molecule has 0 aromatic carbocycles. The first-order chi connectivity index (χ1) is 9.04. The molecule has 0 aliphatic rings. The molecule has 0 amide bonds. The minimum absolute atomic E-state index is 0.338. The number of aryl methyl sites for hydroxylation is 1. The van der Waals surface area contributed by atoms with Crippen LogP contribution < -0.4 is 5.73 Å². The minimum Gasteiger partial charge on any atom is -0.459 e. The standard InChI is InChI=1S/C13H19N3O3/c1-4-6-17-8-13(3,14)12-15-11(19-16-12)10-9(2)5-7-18-10/h5,7H,4,6,8,14H2,1-3H3. The molecule has 6 heteroatoms. The van der Waals surface area contributed by atoms with Crippen molar-refractivity contribution in [2.24, 2.45) is 5.73 Å². The van der Waals surface area contributed by atoms with Gasteiger partial charge in [0.25, 0.3) is 5.89 Å². The first-order valence-corrected chi connectivity index (χ1v) is 6.30. The van der Waals surface area contributed by atoms with Crippen LogP contribution in [0.25, 0.3) is 11.7 Å². The fourth-order valence-electron chi connectivity index (χ4n) is 1.63. The third-order valence-electron chi connectivity index (χ3n) is 2.74. The van der Waals surface area contributed by atoms with E-state index in [9.17, 15) is 0 Å². The van der Waals surface area contributed by atoms with Crippen LogP contribution in [0.3, 0.4) is 0 Å². The summed E-state index contributed by atoms with van der Waals surface area (Å²) >= 11 is 0. The van der Waals surface area contributed by atoms with Crippen molar-refractivity contribution in [3.05, 3.63) is 23.7 Å². The van der Waals surface area contributed by atoms with Crippen molar-refractivity contribution in [2.45, 2.75) is 32.7 Å². The molecule has 2 aromatic heterocycles. The highest BCUT2D eigenvalue weighted by Crippen LogP contribution is 2.24. The van der Waals surface area contributed by atoms with E-state index in [0.29, 0.717) is 30.7 Å². The number of ether oxygens (including phenoxy) is 1. The number of hydrogen-bond donors (Lipinski definition) is 1. The van der Waals surface area contributed by atoms with Crippen LogP contribution in [0.1, 0.15) is 31.7 Å². The largest absolute Gasteiger partial charge is 0.459 e. The summed E-state index contributed by atoms with van der Waals surface area (Å²) in [5, 5.41) is 3.91. The van der Waals surface area contributed by atoms with Gasteiger partial charge in [0.2, 0.25) is 0 Å². The second kappa shape index (κ2) is 5.54. The number of aromatic nitrogens is 2. The highest BCUT2D eigenvalue weighted by molar-refractivity contribution is 5.49. The van der Waals surface area contributed by atoms with E-state index in [2.05, 4.69) is 10.1 Å². The Balaban J connectivity index is 2.14. The normalized spacial score (nSPS) is 14.5. The zero-order valence-corrected chi connectivity index (χ0v) is 11.5. The molecule has 0 saturated carbocycles. The molecule has 0 bridgehead atoms. The Morgan fingerprint density at radius 1 is 1.47 bits per heavy atom. The van der Waals surface area contributed by atoms with Crippen molar-refractivity contribution in [3.63, 3.8) is 0 Å². The monoisotopic (exact) mass is 265 g/mol. The number of hydrogen-bond acceptors (Lipinski definition) is 6. The second-order valence-electron chi connectivity index (χ2n) is 4.83. The van der Waals surface area contributed by atoms with E-state index in [0.717, 1.165) is 12.0 Å². The van der Waals surface area contributed by atoms with Crippen LogP contribution in [-0.2, 0) is 10.3 Å². The Morgan fingerprint density at radius 2 is 2.26 bits per heavy atom. The SMILES string of the molecule is CCCOCC(C)(N)c1noc(-c2occc2C)n1. The van der Waals surface area contributed by atoms with Gasteiger partial charge in [-0.3, -0.25) is 0 Å². The van der Waals surface area contributed by atoms with E-state index in [4.69, 9.17) is 19.4 Å². The molecular weight excluding hydrogens is 246 g/mol. The molecule has 0 aliphatic carbocycles. The Morgan fingerprint density at radius 3 is 2.89 bits per heavy atom. The molecular formula is C13H19N3O3. The Labute approximate surface area is 111 Å². The molecule has 0 spiro atoms. The van der Waals surface area contributed by atoms with Crippen molar-refractivity contribution in [2.75, 3.05) is 13.2 Å². The molecule has 0 aliphatic heterocycles. The van der Waals surface area contributed by atoms with E-state index < -0.39 is 5.54 Å². The van der Waals surface area contributed by atoms with Gasteiger partial charge >= 0.3 is 0 Å². The summed E-state index contributed by atoms with van der Waals surface area (Å²) in [6, 6.07) is 1.84. The van der Waals surface area contributed by atoms with Crippen molar-refractivity contribution >= 4 is 0 Å². The smallest absolute Gasteiger partial charge is 0.293 e. The van der Waals surface area contributed by atoms with Crippen molar-refractivity contribution in [1.82, 2.24) is 10.1 Å². The first kappa shape index (κ1) is 13.8. The minimum atomic E-state index is -0.780. The van der Waals surface area contributed by atoms with Gasteiger partial charge in [-0.2, -0.15) is 4.98 Å². The van der Waals surface area contributed by atoms with Crippen LogP contribution in [0.2, 0.25) is 0 Å². The maximum Gasteiger partial charge on any atom is 0.293 e. The van der Waals surface area contributed by atoms with Crippen molar-refractivity contribution in [1.29, 1.82) is 0 Å². The van der Waals surface area contributed by atoms with Crippen molar-refractivity contribution < 1.29 is 13.7 Å². The maximum absolute atomic E-state index is 6.14. The molecule has 2 rings (SSSR count). The van der Waals surface area contributed by atoms with Gasteiger partial charge < -0.3 is 19.4 Å². The molecule has 2 aromatic rings. The molecule has 2 N–H and O–H groups in total. The van der Waals surface area contributed by atoms with Crippen LogP contribution in [0, 0.1) is 6.92 Å². The lowest BCUT2D eigenvalue weighted by Gasteiger charge is -2.19. The molecule has 19 heavy (non-hydrogen) atoms. The summed E-state index contributed by atoms with van der Waals surface area (Å²) in [7, 11) is 0. The van der Waals surface area contributed by atoms with Gasteiger partial charge in [0.05, 0.1) is 12.9 Å². The highest BCUT2D eigenvalue weighted by Gasteiger charge is 2.29. The molecule has 0 fully saturated rings. The second-order valence-corrected chi connectivity index (χ2v) is 4.83. The van der Waals surface area contributed by atoms with Gasteiger partial charge in [-0.1, -0.05) is 12.1 Å². The predicted molar refractivity (Wildman–Crippen MR) is 69.4 cm³/mol. The lowest BCUT2D eigenvalue weighted by atomic mass is 10.1. The van der Waals surface area contributed by atoms with E-state index in [1.165, 1.54) is 0 Å². The molecule has 0 saturated heterocycles. The van der Waals surface area contributed by atoms with E-state index >= 15 is 0 Å². The Kier molecular flexibility index (Phi) is 4.01. The van der Waals surface area contributed by atoms with Crippen LogP contribution in [0.4, 0.5) is 0 Å². The lowest BCUT2D eigenvalue weighted by Crippen LogP contribution is -2.39. The summed E-state index contributed by atoms with van der Waals surface area (Å²) in [4.78, 5) is 4.29. The van der Waals surface area contributed by atoms with Gasteiger partial charge in [0.1, 0.15) is 5.54 Å². The average molecular weight is 265 g/mol.